The standard InChI is InChI=1S/Al.Li.Mn.Na.H3O4P.5H/c;;;;1-5(2,3)4;;;;;/h;;;;(H3,1,2,3,4);;;;;/q;+1;;+1;;;;;2*-1. The molecule has 0 aromatic rings. The van der Waals surface area contributed by atoms with Crippen molar-refractivity contribution < 1.29 is 87.6 Å². The zero-order chi connectivity index (χ0) is 4.50. The maximum absolute atomic E-state index is 8.88. The molecule has 0 spiro atoms. The molecular formula is H8AlLiMnNaO4P. The van der Waals surface area contributed by atoms with Crippen molar-refractivity contribution in [3.63, 3.8) is 0 Å². The third-order valence-corrected chi connectivity index (χ3v) is 0. The third-order valence-electron chi connectivity index (χ3n) is 0. The molecule has 9 heteroatoms. The van der Waals surface area contributed by atoms with Crippen molar-refractivity contribution in [2.24, 2.45) is 0 Å². The van der Waals surface area contributed by atoms with Crippen molar-refractivity contribution in [3.05, 3.63) is 0 Å². The Morgan fingerprint density at radius 1 is 1.22 bits per heavy atom. The van der Waals surface area contributed by atoms with Gasteiger partial charge in [0.25, 0.3) is 0 Å². The van der Waals surface area contributed by atoms with Gasteiger partial charge < -0.3 is 17.5 Å². The van der Waals surface area contributed by atoms with E-state index in [0.717, 1.165) is 0 Å². The third kappa shape index (κ3) is 108. The van der Waals surface area contributed by atoms with Gasteiger partial charge in [-0.05, 0) is 0 Å². The van der Waals surface area contributed by atoms with Gasteiger partial charge in [0.05, 0.1) is 0 Å². The average Bonchev–Trinajstić information content (AvgIpc) is 0.722. The van der Waals surface area contributed by atoms with Crippen LogP contribution < -0.4 is 48.4 Å². The van der Waals surface area contributed by atoms with Crippen LogP contribution >= 0.6 is 7.82 Å². The Morgan fingerprint density at radius 2 is 1.22 bits per heavy atom. The van der Waals surface area contributed by atoms with Gasteiger partial charge in [-0.15, -0.1) is 0 Å². The fourth-order valence-electron chi connectivity index (χ4n) is 0. The summed E-state index contributed by atoms with van der Waals surface area (Å²) < 4.78 is 8.88. The molecule has 1 radical (unpaired) electrons. The smallest absolute Gasteiger partial charge is 1.00 e. The molecule has 3 N–H and O–H groups in total. The molecule has 0 aromatic heterocycles. The molecule has 0 bridgehead atoms. The molecular weight excluding hydrogens is 207 g/mol. The van der Waals surface area contributed by atoms with E-state index in [9.17, 15) is 0 Å². The molecule has 0 aromatic carbocycles. The van der Waals surface area contributed by atoms with Gasteiger partial charge in [-0.2, -0.15) is 0 Å². The summed E-state index contributed by atoms with van der Waals surface area (Å²) in [6, 6.07) is 0. The van der Waals surface area contributed by atoms with Crippen LogP contribution in [0, 0.1) is 0 Å². The predicted molar refractivity (Wildman–Crippen MR) is 26.4 cm³/mol. The van der Waals surface area contributed by atoms with E-state index in [4.69, 9.17) is 19.2 Å². The average molecular weight is 215 g/mol. The molecule has 49 valence electrons. The van der Waals surface area contributed by atoms with Crippen LogP contribution in [0.15, 0.2) is 0 Å². The van der Waals surface area contributed by atoms with Gasteiger partial charge in [0.2, 0.25) is 0 Å². The fourth-order valence-corrected chi connectivity index (χ4v) is 0. The molecule has 0 aliphatic carbocycles. The van der Waals surface area contributed by atoms with Gasteiger partial charge in [-0.3, -0.25) is 0 Å². The second kappa shape index (κ2) is 13.4. The Morgan fingerprint density at radius 3 is 1.22 bits per heavy atom. The SMILES string of the molecule is O=P(O)(O)O.[AlH3].[H-].[H-].[Li+].[Mn].[Na+]. The van der Waals surface area contributed by atoms with Crippen LogP contribution in [-0.4, -0.2) is 32.0 Å². The van der Waals surface area contributed by atoms with Gasteiger partial charge >= 0.3 is 56.2 Å². The zero-order valence-electron chi connectivity index (χ0n) is 6.58. The summed E-state index contributed by atoms with van der Waals surface area (Å²) in [5.74, 6) is 0. The van der Waals surface area contributed by atoms with Crippen LogP contribution in [0.5, 0.6) is 0 Å². The molecule has 0 aliphatic heterocycles. The molecule has 0 rings (SSSR count). The second-order valence-electron chi connectivity index (χ2n) is 0.513. The summed E-state index contributed by atoms with van der Waals surface area (Å²) in [7, 11) is -4.64. The minimum Gasteiger partial charge on any atom is -1.00 e. The van der Waals surface area contributed by atoms with E-state index in [1.807, 2.05) is 0 Å². The van der Waals surface area contributed by atoms with Gasteiger partial charge in [-0.25, -0.2) is 4.57 Å². The molecule has 0 unspecified atom stereocenters. The first-order valence-corrected chi connectivity index (χ1v) is 2.35. The van der Waals surface area contributed by atoms with E-state index < -0.39 is 7.82 Å². The van der Waals surface area contributed by atoms with Crippen LogP contribution in [0.1, 0.15) is 2.85 Å². The summed E-state index contributed by atoms with van der Waals surface area (Å²) >= 11 is 0. The Labute approximate surface area is 111 Å². The van der Waals surface area contributed by atoms with Crippen molar-refractivity contribution in [2.45, 2.75) is 0 Å². The quantitative estimate of drug-likeness (QED) is 0.277. The molecule has 4 nitrogen and oxygen atoms in total. The molecule has 0 saturated heterocycles. The molecule has 0 aliphatic rings. The Hall–Kier alpha value is 2.76. The monoisotopic (exact) mass is 215 g/mol. The van der Waals surface area contributed by atoms with Crippen molar-refractivity contribution in [1.29, 1.82) is 0 Å². The van der Waals surface area contributed by atoms with Gasteiger partial charge in [0.15, 0.2) is 17.4 Å². The molecule has 0 amide bonds. The van der Waals surface area contributed by atoms with Crippen LogP contribution in [0.25, 0.3) is 0 Å². The Kier molecular flexibility index (Phi) is 44.2. The van der Waals surface area contributed by atoms with Crippen LogP contribution in [-0.2, 0) is 21.6 Å². The number of rotatable bonds is 0. The first-order valence-electron chi connectivity index (χ1n) is 0.783. The van der Waals surface area contributed by atoms with Crippen molar-refractivity contribution in [3.8, 4) is 0 Å². The number of hydrogen-bond donors (Lipinski definition) is 3. The van der Waals surface area contributed by atoms with Crippen LogP contribution in [0.2, 0.25) is 0 Å². The normalized spacial score (nSPS) is 6.56. The minimum atomic E-state index is -4.64. The Balaban J connectivity index is -0.00000000533. The maximum atomic E-state index is 8.88. The summed E-state index contributed by atoms with van der Waals surface area (Å²) in [4.78, 5) is 21.6. The van der Waals surface area contributed by atoms with Crippen molar-refractivity contribution in [1.82, 2.24) is 0 Å². The van der Waals surface area contributed by atoms with E-state index in [0.29, 0.717) is 0 Å². The van der Waals surface area contributed by atoms with E-state index in [1.165, 1.54) is 0 Å². The van der Waals surface area contributed by atoms with E-state index in [1.54, 1.807) is 0 Å². The number of hydrogen-bond acceptors (Lipinski definition) is 1. The first-order chi connectivity index (χ1) is 2.00. The topological polar surface area (TPSA) is 77.8 Å². The summed E-state index contributed by atoms with van der Waals surface area (Å²) in [6.07, 6.45) is 0. The van der Waals surface area contributed by atoms with Gasteiger partial charge in [0, 0.05) is 17.1 Å². The van der Waals surface area contributed by atoms with Crippen molar-refractivity contribution in [2.75, 3.05) is 0 Å². The number of phosphoric acid groups is 1. The zero-order valence-corrected chi connectivity index (χ0v) is 8.65. The maximum Gasteiger partial charge on any atom is 1.00 e. The van der Waals surface area contributed by atoms with Crippen LogP contribution in [0.3, 0.4) is 0 Å². The Bertz CT molecular complexity index is 74.2. The first kappa shape index (κ1) is 29.8. The molecule has 0 saturated carbocycles. The van der Waals surface area contributed by atoms with Crippen molar-refractivity contribution >= 4 is 25.2 Å². The molecule has 9 heavy (non-hydrogen) atoms. The fraction of sp³-hybridized carbons (Fsp3) is 0. The van der Waals surface area contributed by atoms with E-state index >= 15 is 0 Å². The molecule has 0 heterocycles. The molecule has 0 fully saturated rings. The summed E-state index contributed by atoms with van der Waals surface area (Å²) in [6.45, 7) is 0. The predicted octanol–water partition coefficient (Wildman–Crippen LogP) is -7.88. The largest absolute Gasteiger partial charge is 1.00 e. The minimum absolute atomic E-state index is 0. The van der Waals surface area contributed by atoms with Crippen LogP contribution in [0.4, 0.5) is 0 Å². The van der Waals surface area contributed by atoms with E-state index in [-0.39, 0.29) is 85.7 Å². The summed E-state index contributed by atoms with van der Waals surface area (Å²) in [5, 5.41) is 0. The van der Waals surface area contributed by atoms with Gasteiger partial charge in [0.1, 0.15) is 0 Å². The summed E-state index contributed by atoms with van der Waals surface area (Å²) in [5.41, 5.74) is 0. The molecule has 0 atom stereocenters. The second-order valence-corrected chi connectivity index (χ2v) is 1.54. The van der Waals surface area contributed by atoms with Gasteiger partial charge in [-0.1, -0.05) is 0 Å². The van der Waals surface area contributed by atoms with E-state index in [2.05, 4.69) is 0 Å².